The Bertz CT molecular complexity index is 193. The zero-order chi connectivity index (χ0) is 10.6. The molecule has 0 radical (unpaired) electrons. The van der Waals surface area contributed by atoms with Gasteiger partial charge in [0.25, 0.3) is 0 Å². The summed E-state index contributed by atoms with van der Waals surface area (Å²) in [5.41, 5.74) is 5.63. The maximum absolute atomic E-state index is 11.5. The van der Waals surface area contributed by atoms with Crippen LogP contribution in [0.5, 0.6) is 0 Å². The molecule has 0 aromatic carbocycles. The van der Waals surface area contributed by atoms with Gasteiger partial charge >= 0.3 is 0 Å². The molecule has 3 N–H and O–H groups in total. The third kappa shape index (κ3) is 3.27. The SMILES string of the molecule is CC[C@H](N)C(=O)NC(COC)C1CC1. The molecule has 1 rings (SSSR count). The van der Waals surface area contributed by atoms with Gasteiger partial charge < -0.3 is 15.8 Å². The van der Waals surface area contributed by atoms with Crippen LogP contribution >= 0.6 is 0 Å². The first-order valence-corrected chi connectivity index (χ1v) is 5.24. The number of carbonyl (C=O) groups is 1. The predicted octanol–water partition coefficient (Wildman–Crippen LogP) is 0.265. The lowest BCUT2D eigenvalue weighted by Crippen LogP contribution is -2.47. The van der Waals surface area contributed by atoms with Crippen LogP contribution < -0.4 is 11.1 Å². The van der Waals surface area contributed by atoms with Crippen LogP contribution in [0.2, 0.25) is 0 Å². The van der Waals surface area contributed by atoms with Crippen LogP contribution in [0.3, 0.4) is 0 Å². The Labute approximate surface area is 85.2 Å². The molecule has 0 spiro atoms. The van der Waals surface area contributed by atoms with Gasteiger partial charge in [-0.25, -0.2) is 0 Å². The van der Waals surface area contributed by atoms with Crippen LogP contribution in [-0.4, -0.2) is 31.7 Å². The van der Waals surface area contributed by atoms with E-state index in [1.807, 2.05) is 6.92 Å². The molecule has 0 bridgehead atoms. The van der Waals surface area contributed by atoms with Crippen molar-refractivity contribution in [2.75, 3.05) is 13.7 Å². The van der Waals surface area contributed by atoms with Crippen LogP contribution in [0.25, 0.3) is 0 Å². The van der Waals surface area contributed by atoms with E-state index >= 15 is 0 Å². The van der Waals surface area contributed by atoms with Crippen LogP contribution in [0.4, 0.5) is 0 Å². The molecule has 0 aromatic heterocycles. The molecule has 1 saturated carbocycles. The van der Waals surface area contributed by atoms with E-state index in [4.69, 9.17) is 10.5 Å². The van der Waals surface area contributed by atoms with E-state index in [1.54, 1.807) is 7.11 Å². The molecule has 1 aliphatic carbocycles. The van der Waals surface area contributed by atoms with Crippen molar-refractivity contribution in [3.05, 3.63) is 0 Å². The van der Waals surface area contributed by atoms with Crippen molar-refractivity contribution in [3.8, 4) is 0 Å². The van der Waals surface area contributed by atoms with Crippen LogP contribution in [-0.2, 0) is 9.53 Å². The molecule has 2 atom stereocenters. The van der Waals surface area contributed by atoms with Crippen LogP contribution in [0.15, 0.2) is 0 Å². The lowest BCUT2D eigenvalue weighted by Gasteiger charge is -2.19. The summed E-state index contributed by atoms with van der Waals surface area (Å²) in [4.78, 5) is 11.5. The van der Waals surface area contributed by atoms with Gasteiger partial charge in [-0.15, -0.1) is 0 Å². The quantitative estimate of drug-likeness (QED) is 0.646. The molecular weight excluding hydrogens is 180 g/mol. The minimum Gasteiger partial charge on any atom is -0.383 e. The first-order chi connectivity index (χ1) is 6.69. The van der Waals surface area contributed by atoms with Gasteiger partial charge in [0.05, 0.1) is 18.7 Å². The summed E-state index contributed by atoms with van der Waals surface area (Å²) in [6, 6.07) is -0.224. The van der Waals surface area contributed by atoms with Gasteiger partial charge in [0, 0.05) is 7.11 Å². The van der Waals surface area contributed by atoms with Gasteiger partial charge in [-0.3, -0.25) is 4.79 Å². The fourth-order valence-electron chi connectivity index (χ4n) is 1.45. The number of ether oxygens (including phenoxy) is 1. The number of rotatable bonds is 6. The third-order valence-corrected chi connectivity index (χ3v) is 2.64. The van der Waals surface area contributed by atoms with Gasteiger partial charge in [-0.1, -0.05) is 6.92 Å². The summed E-state index contributed by atoms with van der Waals surface area (Å²) >= 11 is 0. The van der Waals surface area contributed by atoms with Gasteiger partial charge in [0.1, 0.15) is 0 Å². The highest BCUT2D eigenvalue weighted by Gasteiger charge is 2.32. The Morgan fingerprint density at radius 1 is 1.64 bits per heavy atom. The molecule has 1 amide bonds. The van der Waals surface area contributed by atoms with Crippen molar-refractivity contribution in [2.24, 2.45) is 11.7 Å². The highest BCUT2D eigenvalue weighted by Crippen LogP contribution is 2.32. The summed E-state index contributed by atoms with van der Waals surface area (Å²) in [5, 5.41) is 2.94. The number of amides is 1. The smallest absolute Gasteiger partial charge is 0.237 e. The molecule has 0 heterocycles. The molecule has 0 aromatic rings. The Morgan fingerprint density at radius 3 is 2.71 bits per heavy atom. The van der Waals surface area contributed by atoms with E-state index in [9.17, 15) is 4.79 Å². The molecule has 0 aliphatic heterocycles. The molecule has 4 nitrogen and oxygen atoms in total. The lowest BCUT2D eigenvalue weighted by molar-refractivity contribution is -0.123. The topological polar surface area (TPSA) is 64.4 Å². The molecular formula is C10H20N2O2. The summed E-state index contributed by atoms with van der Waals surface area (Å²) in [5.74, 6) is 0.546. The second-order valence-corrected chi connectivity index (χ2v) is 3.92. The minimum absolute atomic E-state index is 0.0542. The molecule has 1 fully saturated rings. The maximum atomic E-state index is 11.5. The zero-order valence-corrected chi connectivity index (χ0v) is 8.95. The van der Waals surface area contributed by atoms with Crippen molar-refractivity contribution in [1.29, 1.82) is 0 Å². The zero-order valence-electron chi connectivity index (χ0n) is 8.95. The Hall–Kier alpha value is -0.610. The first kappa shape index (κ1) is 11.5. The van der Waals surface area contributed by atoms with E-state index in [0.717, 1.165) is 0 Å². The highest BCUT2D eigenvalue weighted by atomic mass is 16.5. The Kier molecular flexibility index (Phi) is 4.35. The Morgan fingerprint density at radius 2 is 2.29 bits per heavy atom. The fourth-order valence-corrected chi connectivity index (χ4v) is 1.45. The molecule has 4 heteroatoms. The van der Waals surface area contributed by atoms with Crippen molar-refractivity contribution < 1.29 is 9.53 Å². The van der Waals surface area contributed by atoms with Crippen molar-refractivity contribution in [3.63, 3.8) is 0 Å². The van der Waals surface area contributed by atoms with Crippen molar-refractivity contribution in [2.45, 2.75) is 38.3 Å². The molecule has 1 unspecified atom stereocenters. The highest BCUT2D eigenvalue weighted by molar-refractivity contribution is 5.81. The van der Waals surface area contributed by atoms with Crippen molar-refractivity contribution in [1.82, 2.24) is 5.32 Å². The van der Waals surface area contributed by atoms with E-state index < -0.39 is 0 Å². The van der Waals surface area contributed by atoms with E-state index in [-0.39, 0.29) is 18.0 Å². The normalized spacial score (nSPS) is 20.2. The Balaban J connectivity index is 2.34. The van der Waals surface area contributed by atoms with E-state index in [1.165, 1.54) is 12.8 Å². The molecule has 1 aliphatic rings. The largest absolute Gasteiger partial charge is 0.383 e. The van der Waals surface area contributed by atoms with Gasteiger partial charge in [-0.2, -0.15) is 0 Å². The summed E-state index contributed by atoms with van der Waals surface area (Å²) in [7, 11) is 1.65. The summed E-state index contributed by atoms with van der Waals surface area (Å²) in [6.07, 6.45) is 3.06. The van der Waals surface area contributed by atoms with Gasteiger partial charge in [-0.05, 0) is 25.2 Å². The first-order valence-electron chi connectivity index (χ1n) is 5.24. The third-order valence-electron chi connectivity index (χ3n) is 2.64. The minimum atomic E-state index is -0.381. The number of hydrogen-bond acceptors (Lipinski definition) is 3. The maximum Gasteiger partial charge on any atom is 0.237 e. The number of hydrogen-bond donors (Lipinski definition) is 2. The fraction of sp³-hybridized carbons (Fsp3) is 0.900. The standard InChI is InChI=1S/C10H20N2O2/c1-3-8(11)10(13)12-9(6-14-2)7-4-5-7/h7-9H,3-6,11H2,1-2H3,(H,12,13)/t8-,9?/m0/s1. The average Bonchev–Trinajstić information content (AvgIpc) is 2.99. The number of nitrogens with two attached hydrogens (primary N) is 1. The van der Waals surface area contributed by atoms with E-state index in [0.29, 0.717) is 18.9 Å². The summed E-state index contributed by atoms with van der Waals surface area (Å²) < 4.78 is 5.06. The van der Waals surface area contributed by atoms with Crippen LogP contribution in [0.1, 0.15) is 26.2 Å². The average molecular weight is 200 g/mol. The molecule has 82 valence electrons. The van der Waals surface area contributed by atoms with Crippen molar-refractivity contribution >= 4 is 5.91 Å². The molecule has 14 heavy (non-hydrogen) atoms. The second-order valence-electron chi connectivity index (χ2n) is 3.92. The number of nitrogens with one attached hydrogen (secondary N) is 1. The summed E-state index contributed by atoms with van der Waals surface area (Å²) in [6.45, 7) is 2.50. The monoisotopic (exact) mass is 200 g/mol. The predicted molar refractivity (Wildman–Crippen MR) is 54.8 cm³/mol. The van der Waals surface area contributed by atoms with Gasteiger partial charge in [0.2, 0.25) is 5.91 Å². The molecule has 0 saturated heterocycles. The van der Waals surface area contributed by atoms with Crippen LogP contribution in [0, 0.1) is 5.92 Å². The number of carbonyl (C=O) groups excluding carboxylic acids is 1. The number of methoxy groups -OCH3 is 1. The lowest BCUT2D eigenvalue weighted by atomic mass is 10.1. The van der Waals surface area contributed by atoms with Gasteiger partial charge in [0.15, 0.2) is 0 Å². The van der Waals surface area contributed by atoms with E-state index in [2.05, 4.69) is 5.32 Å². The second kappa shape index (κ2) is 5.32.